The smallest absolute Gasteiger partial charge is 0.258 e. The van der Waals surface area contributed by atoms with Crippen LogP contribution in [0, 0.1) is 0 Å². The third kappa shape index (κ3) is 3.20. The molecule has 0 fully saturated rings. The number of nitrogens with zero attached hydrogens (tertiary/aromatic N) is 5. The first-order chi connectivity index (χ1) is 10.6. The van der Waals surface area contributed by atoms with Crippen LogP contribution in [0.1, 0.15) is 18.3 Å². The van der Waals surface area contributed by atoms with Crippen LogP contribution >= 0.6 is 11.3 Å². The van der Waals surface area contributed by atoms with Crippen molar-refractivity contribution < 1.29 is 0 Å². The van der Waals surface area contributed by atoms with Gasteiger partial charge >= 0.3 is 0 Å². The van der Waals surface area contributed by atoms with E-state index in [1.165, 1.54) is 11.3 Å². The van der Waals surface area contributed by atoms with Gasteiger partial charge in [0.05, 0.1) is 11.4 Å². The van der Waals surface area contributed by atoms with Crippen LogP contribution in [0.3, 0.4) is 0 Å². The Balaban J connectivity index is 1.72. The average Bonchev–Trinajstić information content (AvgIpc) is 2.97. The molecule has 3 aromatic rings. The van der Waals surface area contributed by atoms with E-state index in [1.54, 1.807) is 35.3 Å². The molecule has 1 atom stereocenters. The van der Waals surface area contributed by atoms with E-state index in [1.807, 2.05) is 12.4 Å². The molecule has 0 radical (unpaired) electrons. The molecule has 0 saturated heterocycles. The number of aromatic nitrogens is 4. The first-order valence-corrected chi connectivity index (χ1v) is 7.92. The fraction of sp³-hybridized carbons (Fsp3) is 0.333. The fourth-order valence-electron chi connectivity index (χ4n) is 2.27. The van der Waals surface area contributed by atoms with E-state index in [2.05, 4.69) is 26.8 Å². The largest absolute Gasteiger partial charge is 0.297 e. The summed E-state index contributed by atoms with van der Waals surface area (Å²) in [4.78, 5) is 27.8. The van der Waals surface area contributed by atoms with E-state index in [4.69, 9.17) is 0 Å². The van der Waals surface area contributed by atoms with E-state index in [0.29, 0.717) is 6.54 Å². The van der Waals surface area contributed by atoms with Gasteiger partial charge in [0, 0.05) is 55.2 Å². The van der Waals surface area contributed by atoms with Gasteiger partial charge in [-0.2, -0.15) is 0 Å². The Morgan fingerprint density at radius 3 is 3.00 bits per heavy atom. The molecule has 0 bridgehead atoms. The van der Waals surface area contributed by atoms with Crippen LogP contribution < -0.4 is 5.56 Å². The second-order valence-corrected chi connectivity index (χ2v) is 6.18. The molecular formula is C15H17N5OS. The van der Waals surface area contributed by atoms with E-state index in [-0.39, 0.29) is 11.6 Å². The Labute approximate surface area is 132 Å². The van der Waals surface area contributed by atoms with Gasteiger partial charge < -0.3 is 0 Å². The summed E-state index contributed by atoms with van der Waals surface area (Å²) in [6.07, 6.45) is 7.72. The molecule has 0 aliphatic carbocycles. The standard InChI is InChI=1S/C15H17N5OS/c1-11(7-12-9-16-3-4-17-12)19(2)10-13-8-14(21)20-5-6-22-15(20)18-13/h3-6,8-9,11H,7,10H2,1-2H3. The Morgan fingerprint density at radius 1 is 1.36 bits per heavy atom. The summed E-state index contributed by atoms with van der Waals surface area (Å²) in [6.45, 7) is 2.76. The molecule has 0 N–H and O–H groups in total. The van der Waals surface area contributed by atoms with Gasteiger partial charge in [0.2, 0.25) is 0 Å². The molecule has 3 aromatic heterocycles. The van der Waals surface area contributed by atoms with Crippen molar-refractivity contribution in [1.29, 1.82) is 0 Å². The Hall–Kier alpha value is -2.12. The molecule has 0 aliphatic heterocycles. The third-order valence-corrected chi connectivity index (χ3v) is 4.40. The van der Waals surface area contributed by atoms with Crippen molar-refractivity contribution >= 4 is 16.3 Å². The van der Waals surface area contributed by atoms with Gasteiger partial charge in [0.25, 0.3) is 5.56 Å². The maximum atomic E-state index is 12.0. The minimum atomic E-state index is -0.0313. The van der Waals surface area contributed by atoms with Crippen molar-refractivity contribution in [3.8, 4) is 0 Å². The zero-order valence-corrected chi connectivity index (χ0v) is 13.3. The molecular weight excluding hydrogens is 298 g/mol. The van der Waals surface area contributed by atoms with E-state index in [9.17, 15) is 4.79 Å². The summed E-state index contributed by atoms with van der Waals surface area (Å²) in [5.41, 5.74) is 1.72. The van der Waals surface area contributed by atoms with Gasteiger partial charge in [-0.25, -0.2) is 4.98 Å². The summed E-state index contributed by atoms with van der Waals surface area (Å²) >= 11 is 1.47. The monoisotopic (exact) mass is 315 g/mol. The maximum absolute atomic E-state index is 12.0. The highest BCUT2D eigenvalue weighted by molar-refractivity contribution is 7.15. The van der Waals surface area contributed by atoms with Gasteiger partial charge in [-0.15, -0.1) is 11.3 Å². The summed E-state index contributed by atoms with van der Waals surface area (Å²) in [6, 6.07) is 1.88. The normalized spacial score (nSPS) is 12.9. The summed E-state index contributed by atoms with van der Waals surface area (Å²) in [7, 11) is 2.03. The van der Waals surface area contributed by atoms with Crippen LogP contribution in [-0.2, 0) is 13.0 Å². The zero-order valence-electron chi connectivity index (χ0n) is 12.5. The lowest BCUT2D eigenvalue weighted by Gasteiger charge is -2.23. The van der Waals surface area contributed by atoms with Crippen LogP contribution in [0.2, 0.25) is 0 Å². The SMILES string of the molecule is CC(Cc1cnccn1)N(C)Cc1cc(=O)n2ccsc2n1. The Bertz CT molecular complexity index is 813. The minimum Gasteiger partial charge on any atom is -0.297 e. The molecule has 22 heavy (non-hydrogen) atoms. The number of likely N-dealkylation sites (N-methyl/N-ethyl adjacent to an activating group) is 1. The molecule has 7 heteroatoms. The molecule has 0 aromatic carbocycles. The molecule has 0 amide bonds. The predicted molar refractivity (Wildman–Crippen MR) is 86.0 cm³/mol. The van der Waals surface area contributed by atoms with E-state index < -0.39 is 0 Å². The lowest BCUT2D eigenvalue weighted by molar-refractivity contribution is 0.244. The number of thiazole rings is 1. The van der Waals surface area contributed by atoms with Gasteiger partial charge in [-0.3, -0.25) is 24.1 Å². The van der Waals surface area contributed by atoms with E-state index >= 15 is 0 Å². The zero-order chi connectivity index (χ0) is 15.5. The summed E-state index contributed by atoms with van der Waals surface area (Å²) < 4.78 is 1.57. The van der Waals surface area contributed by atoms with Crippen molar-refractivity contribution in [3.63, 3.8) is 0 Å². The first kappa shape index (κ1) is 14.8. The topological polar surface area (TPSA) is 63.4 Å². The molecule has 3 rings (SSSR count). The van der Waals surface area contributed by atoms with Crippen molar-refractivity contribution in [2.24, 2.45) is 0 Å². The summed E-state index contributed by atoms with van der Waals surface area (Å²) in [5, 5.41) is 1.87. The molecule has 0 spiro atoms. The predicted octanol–water partition coefficient (Wildman–Crippen LogP) is 1.61. The number of hydrogen-bond acceptors (Lipinski definition) is 6. The van der Waals surface area contributed by atoms with Crippen molar-refractivity contribution in [2.75, 3.05) is 7.05 Å². The second-order valence-electron chi connectivity index (χ2n) is 5.31. The van der Waals surface area contributed by atoms with Crippen LogP contribution in [-0.4, -0.2) is 37.3 Å². The van der Waals surface area contributed by atoms with Gasteiger partial charge in [-0.05, 0) is 14.0 Å². The second kappa shape index (κ2) is 6.33. The summed E-state index contributed by atoms with van der Waals surface area (Å²) in [5.74, 6) is 0. The third-order valence-electron chi connectivity index (χ3n) is 3.64. The Morgan fingerprint density at radius 2 is 2.23 bits per heavy atom. The number of fused-ring (bicyclic) bond motifs is 1. The minimum absolute atomic E-state index is 0.0313. The molecule has 114 valence electrons. The highest BCUT2D eigenvalue weighted by atomic mass is 32.1. The van der Waals surface area contributed by atoms with Crippen molar-refractivity contribution in [3.05, 3.63) is 58.0 Å². The molecule has 0 saturated carbocycles. The average molecular weight is 315 g/mol. The fourth-order valence-corrected chi connectivity index (χ4v) is 3.01. The van der Waals surface area contributed by atoms with Crippen LogP contribution in [0.15, 0.2) is 41.0 Å². The maximum Gasteiger partial charge on any atom is 0.258 e. The molecule has 1 unspecified atom stereocenters. The highest BCUT2D eigenvalue weighted by Gasteiger charge is 2.13. The van der Waals surface area contributed by atoms with Crippen LogP contribution in [0.4, 0.5) is 0 Å². The highest BCUT2D eigenvalue weighted by Crippen LogP contribution is 2.10. The molecule has 0 aliphatic rings. The van der Waals surface area contributed by atoms with Crippen molar-refractivity contribution in [1.82, 2.24) is 24.3 Å². The lowest BCUT2D eigenvalue weighted by Crippen LogP contribution is -2.31. The number of hydrogen-bond donors (Lipinski definition) is 0. The van der Waals surface area contributed by atoms with Gasteiger partial charge in [0.1, 0.15) is 0 Å². The van der Waals surface area contributed by atoms with Gasteiger partial charge in [0.15, 0.2) is 4.96 Å². The number of rotatable bonds is 5. The lowest BCUT2D eigenvalue weighted by atomic mass is 10.1. The Kier molecular flexibility index (Phi) is 4.26. The van der Waals surface area contributed by atoms with Crippen LogP contribution in [0.25, 0.3) is 4.96 Å². The van der Waals surface area contributed by atoms with Gasteiger partial charge in [-0.1, -0.05) is 0 Å². The molecule has 6 nitrogen and oxygen atoms in total. The van der Waals surface area contributed by atoms with Crippen LogP contribution in [0.5, 0.6) is 0 Å². The van der Waals surface area contributed by atoms with Crippen molar-refractivity contribution in [2.45, 2.75) is 25.9 Å². The quantitative estimate of drug-likeness (QED) is 0.716. The molecule has 3 heterocycles. The first-order valence-electron chi connectivity index (χ1n) is 7.04. The van der Waals surface area contributed by atoms with E-state index in [0.717, 1.165) is 22.8 Å².